The van der Waals surface area contributed by atoms with Crippen molar-refractivity contribution in [2.75, 3.05) is 0 Å². The number of carbonyl (C=O) groups is 1. The van der Waals surface area contributed by atoms with Crippen molar-refractivity contribution >= 4 is 23.0 Å². The topological polar surface area (TPSA) is 58.9 Å². The van der Waals surface area contributed by atoms with Crippen molar-refractivity contribution in [3.8, 4) is 5.75 Å². The van der Waals surface area contributed by atoms with Crippen LogP contribution in [0.1, 0.15) is 15.9 Å². The maximum absolute atomic E-state index is 12.2. The normalized spacial score (nSPS) is 10.9. The molecule has 0 aliphatic heterocycles. The number of carbonyl (C=O) groups excluding carboxylic acids is 1. The quantitative estimate of drug-likeness (QED) is 0.262. The van der Waals surface area contributed by atoms with Crippen LogP contribution in [0.3, 0.4) is 0 Å². The van der Waals surface area contributed by atoms with Gasteiger partial charge in [-0.1, -0.05) is 53.7 Å². The Morgan fingerprint density at radius 2 is 1.68 bits per heavy atom. The predicted molar refractivity (Wildman–Crippen MR) is 84.7 cm³/mol. The second kappa shape index (κ2) is 6.10. The molecule has 0 amide bonds. The fraction of sp³-hybridized carbons (Fsp3) is 0. The zero-order chi connectivity index (χ0) is 15.4. The average Bonchev–Trinajstić information content (AvgIpc) is 2.58. The Bertz CT molecular complexity index is 841. The zero-order valence-electron chi connectivity index (χ0n) is 11.6. The Labute approximate surface area is 127 Å². The summed E-state index contributed by atoms with van der Waals surface area (Å²) in [5.41, 5.74) is 1.02. The molecule has 0 bridgehead atoms. The van der Waals surface area contributed by atoms with E-state index in [1.54, 1.807) is 30.3 Å². The number of nitrogens with zero attached hydrogens (tertiary/aromatic N) is 1. The summed E-state index contributed by atoms with van der Waals surface area (Å²) in [4.78, 5) is 12.2. The highest BCUT2D eigenvalue weighted by molar-refractivity contribution is 6.03. The summed E-state index contributed by atoms with van der Waals surface area (Å²) in [6, 6.07) is 19.9. The third kappa shape index (κ3) is 2.67. The highest BCUT2D eigenvalue weighted by Gasteiger charge is 2.13. The highest BCUT2D eigenvalue weighted by Crippen LogP contribution is 2.27. The average molecular weight is 291 g/mol. The van der Waals surface area contributed by atoms with E-state index in [1.807, 2.05) is 36.4 Å². The molecule has 108 valence electrons. The van der Waals surface area contributed by atoms with Crippen LogP contribution in [0.5, 0.6) is 5.75 Å². The fourth-order valence-corrected chi connectivity index (χ4v) is 2.29. The van der Waals surface area contributed by atoms with Crippen molar-refractivity contribution in [1.29, 1.82) is 0 Å². The van der Waals surface area contributed by atoms with E-state index in [-0.39, 0.29) is 0 Å². The summed E-state index contributed by atoms with van der Waals surface area (Å²) >= 11 is 0. The lowest BCUT2D eigenvalue weighted by molar-refractivity contribution is 0.0734. The van der Waals surface area contributed by atoms with Crippen molar-refractivity contribution in [2.24, 2.45) is 5.16 Å². The van der Waals surface area contributed by atoms with Crippen LogP contribution in [-0.2, 0) is 0 Å². The summed E-state index contributed by atoms with van der Waals surface area (Å²) in [6.07, 6.45) is 1.27. The van der Waals surface area contributed by atoms with Crippen LogP contribution in [0.15, 0.2) is 71.9 Å². The van der Waals surface area contributed by atoms with Crippen LogP contribution < -0.4 is 4.74 Å². The Morgan fingerprint density at radius 3 is 2.45 bits per heavy atom. The first-order valence-corrected chi connectivity index (χ1v) is 6.76. The minimum atomic E-state index is -0.455. The molecule has 0 aliphatic carbocycles. The van der Waals surface area contributed by atoms with Gasteiger partial charge in [-0.05, 0) is 29.0 Å². The van der Waals surface area contributed by atoms with Crippen LogP contribution in [0, 0.1) is 0 Å². The maximum atomic E-state index is 12.2. The van der Waals surface area contributed by atoms with Crippen molar-refractivity contribution in [3.63, 3.8) is 0 Å². The summed E-state index contributed by atoms with van der Waals surface area (Å²) in [5.74, 6) is -0.103. The van der Waals surface area contributed by atoms with Crippen LogP contribution >= 0.6 is 0 Å². The lowest BCUT2D eigenvalue weighted by atomic mass is 10.0. The van der Waals surface area contributed by atoms with E-state index in [2.05, 4.69) is 5.16 Å². The lowest BCUT2D eigenvalue weighted by Crippen LogP contribution is -2.09. The van der Waals surface area contributed by atoms with E-state index in [0.717, 1.165) is 10.8 Å². The van der Waals surface area contributed by atoms with Gasteiger partial charge in [0.1, 0.15) is 5.75 Å². The molecule has 0 unspecified atom stereocenters. The first kappa shape index (κ1) is 13.8. The summed E-state index contributed by atoms with van der Waals surface area (Å²) < 4.78 is 5.45. The highest BCUT2D eigenvalue weighted by atomic mass is 16.5. The Kier molecular flexibility index (Phi) is 3.83. The molecule has 0 aliphatic rings. The van der Waals surface area contributed by atoms with Gasteiger partial charge < -0.3 is 9.94 Å². The van der Waals surface area contributed by atoms with E-state index < -0.39 is 5.97 Å². The van der Waals surface area contributed by atoms with Crippen molar-refractivity contribution in [2.45, 2.75) is 0 Å². The molecule has 3 rings (SSSR count). The van der Waals surface area contributed by atoms with Gasteiger partial charge in [0.2, 0.25) is 0 Å². The van der Waals surface area contributed by atoms with E-state index in [4.69, 9.17) is 9.94 Å². The van der Waals surface area contributed by atoms with Crippen LogP contribution in [-0.4, -0.2) is 17.4 Å². The molecule has 22 heavy (non-hydrogen) atoms. The molecule has 3 aromatic rings. The molecule has 0 heterocycles. The molecule has 4 heteroatoms. The second-order valence-electron chi connectivity index (χ2n) is 4.70. The Hall–Kier alpha value is -3.14. The molecule has 1 N–H and O–H groups in total. The molecular weight excluding hydrogens is 278 g/mol. The molecule has 0 saturated heterocycles. The van der Waals surface area contributed by atoms with Crippen LogP contribution in [0.4, 0.5) is 0 Å². The van der Waals surface area contributed by atoms with Crippen LogP contribution in [0.25, 0.3) is 10.8 Å². The van der Waals surface area contributed by atoms with Gasteiger partial charge in [0, 0.05) is 5.56 Å². The molecule has 0 aromatic heterocycles. The third-order valence-electron chi connectivity index (χ3n) is 3.33. The first-order chi connectivity index (χ1) is 10.8. The molecule has 4 nitrogen and oxygen atoms in total. The largest absolute Gasteiger partial charge is 0.422 e. The molecule has 0 spiro atoms. The Balaban J connectivity index is 2.03. The third-order valence-corrected chi connectivity index (χ3v) is 3.33. The second-order valence-corrected chi connectivity index (χ2v) is 4.70. The number of oxime groups is 1. The SMILES string of the molecule is O=C(Oc1ccc2ccccc2c1C=NO)c1ccccc1. The van der Waals surface area contributed by atoms with Gasteiger partial charge in [0.25, 0.3) is 0 Å². The fourth-order valence-electron chi connectivity index (χ4n) is 2.29. The lowest BCUT2D eigenvalue weighted by Gasteiger charge is -2.10. The number of hydrogen-bond acceptors (Lipinski definition) is 4. The van der Waals surface area contributed by atoms with E-state index in [0.29, 0.717) is 16.9 Å². The number of fused-ring (bicyclic) bond motifs is 1. The van der Waals surface area contributed by atoms with Crippen LogP contribution in [0.2, 0.25) is 0 Å². The molecule has 0 fully saturated rings. The maximum Gasteiger partial charge on any atom is 0.343 e. The summed E-state index contributed by atoms with van der Waals surface area (Å²) in [5, 5.41) is 13.8. The molecular formula is C18H13NO3. The minimum Gasteiger partial charge on any atom is -0.422 e. The number of benzene rings is 3. The monoisotopic (exact) mass is 291 g/mol. The van der Waals surface area contributed by atoms with Gasteiger partial charge >= 0.3 is 5.97 Å². The molecule has 3 aromatic carbocycles. The summed E-state index contributed by atoms with van der Waals surface area (Å²) in [7, 11) is 0. The van der Waals surface area contributed by atoms with Gasteiger partial charge in [0.05, 0.1) is 11.8 Å². The van der Waals surface area contributed by atoms with Gasteiger partial charge in [-0.2, -0.15) is 0 Å². The smallest absolute Gasteiger partial charge is 0.343 e. The minimum absolute atomic E-state index is 0.352. The van der Waals surface area contributed by atoms with E-state index in [9.17, 15) is 4.79 Å². The van der Waals surface area contributed by atoms with Gasteiger partial charge in [-0.3, -0.25) is 0 Å². The number of ether oxygens (including phenoxy) is 1. The van der Waals surface area contributed by atoms with Crippen molar-refractivity contribution < 1.29 is 14.7 Å². The van der Waals surface area contributed by atoms with Crippen molar-refractivity contribution in [1.82, 2.24) is 0 Å². The van der Waals surface area contributed by atoms with Gasteiger partial charge in [0.15, 0.2) is 0 Å². The van der Waals surface area contributed by atoms with E-state index >= 15 is 0 Å². The van der Waals surface area contributed by atoms with E-state index in [1.165, 1.54) is 6.21 Å². The standard InChI is InChI=1S/C18H13NO3/c20-18(14-7-2-1-3-8-14)22-17-11-10-13-6-4-5-9-15(13)16(17)12-19-21/h1-12,21H. The zero-order valence-corrected chi connectivity index (χ0v) is 11.6. The number of hydrogen-bond donors (Lipinski definition) is 1. The Morgan fingerprint density at radius 1 is 0.955 bits per heavy atom. The number of esters is 1. The molecule has 0 radical (unpaired) electrons. The number of rotatable bonds is 3. The van der Waals surface area contributed by atoms with Gasteiger partial charge in [-0.15, -0.1) is 0 Å². The van der Waals surface area contributed by atoms with Gasteiger partial charge in [-0.25, -0.2) is 4.79 Å². The first-order valence-electron chi connectivity index (χ1n) is 6.76. The predicted octanol–water partition coefficient (Wildman–Crippen LogP) is 3.87. The summed E-state index contributed by atoms with van der Waals surface area (Å²) in [6.45, 7) is 0. The van der Waals surface area contributed by atoms with Crippen molar-refractivity contribution in [3.05, 3.63) is 77.9 Å². The molecule has 0 atom stereocenters. The molecule has 0 saturated carbocycles.